The van der Waals surface area contributed by atoms with Crippen molar-refractivity contribution in [3.05, 3.63) is 78.9 Å². The van der Waals surface area contributed by atoms with Crippen LogP contribution in [0.25, 0.3) is 34.2 Å². The summed E-state index contributed by atoms with van der Waals surface area (Å²) < 4.78 is 0. The van der Waals surface area contributed by atoms with E-state index in [1.807, 2.05) is 60.7 Å². The van der Waals surface area contributed by atoms with Crippen molar-refractivity contribution in [3.8, 4) is 45.7 Å². The van der Waals surface area contributed by atoms with Crippen molar-refractivity contribution in [2.45, 2.75) is 0 Å². The van der Waals surface area contributed by atoms with Crippen molar-refractivity contribution in [1.82, 2.24) is 15.0 Å². The number of aromatic hydroxyl groups is 2. The maximum atomic E-state index is 10.2. The molecule has 1 heterocycles. The number of benzene rings is 3. The van der Waals surface area contributed by atoms with E-state index in [2.05, 4.69) is 15.0 Å². The third kappa shape index (κ3) is 5.09. The van der Waals surface area contributed by atoms with Crippen molar-refractivity contribution in [3.63, 3.8) is 0 Å². The molecule has 0 amide bonds. The molecule has 4 aromatic rings. The van der Waals surface area contributed by atoms with Crippen LogP contribution in [-0.4, -0.2) is 25.2 Å². The second-order valence-electron chi connectivity index (χ2n) is 5.74. The van der Waals surface area contributed by atoms with Gasteiger partial charge in [-0.05, 0) is 12.1 Å². The minimum absolute atomic E-state index is 0. The Kier molecular flexibility index (Phi) is 8.38. The average Bonchev–Trinajstić information content (AvgIpc) is 2.69. The summed E-state index contributed by atoms with van der Waals surface area (Å²) in [5.41, 5.74) is 2.14. The molecule has 28 heavy (non-hydrogen) atoms. The first-order valence-electron chi connectivity index (χ1n) is 8.10. The van der Waals surface area contributed by atoms with Gasteiger partial charge in [-0.2, -0.15) is 0 Å². The molecule has 0 fully saturated rings. The molecule has 4 rings (SSSR count). The van der Waals surface area contributed by atoms with E-state index in [0.29, 0.717) is 23.0 Å². The van der Waals surface area contributed by atoms with E-state index < -0.39 is 0 Å². The summed E-state index contributed by atoms with van der Waals surface area (Å²) >= 11 is 0. The van der Waals surface area contributed by atoms with Gasteiger partial charge in [0.15, 0.2) is 17.5 Å². The molecule has 0 aliphatic carbocycles. The van der Waals surface area contributed by atoms with Crippen LogP contribution in [0.1, 0.15) is 0 Å². The minimum Gasteiger partial charge on any atom is -0.508 e. The number of aromatic nitrogens is 3. The van der Waals surface area contributed by atoms with Crippen molar-refractivity contribution < 1.29 is 75.6 Å². The smallest absolute Gasteiger partial charge is 0.167 e. The van der Waals surface area contributed by atoms with Gasteiger partial charge in [-0.3, -0.25) is 0 Å². The molecule has 0 spiro atoms. The van der Waals surface area contributed by atoms with Gasteiger partial charge in [-0.1, -0.05) is 60.7 Å². The molecule has 2 N–H and O–H groups in total. The predicted molar refractivity (Wildman–Crippen MR) is 99.5 cm³/mol. The largest absolute Gasteiger partial charge is 0.508 e. The number of phenols is 2. The number of phenolic OH excluding ortho intramolecular Hbond substituents is 2. The minimum atomic E-state index is -0.0887. The predicted octanol–water partition coefficient (Wildman–Crippen LogP) is 4.28. The van der Waals surface area contributed by atoms with E-state index in [9.17, 15) is 10.2 Å². The molecule has 0 bridgehead atoms. The van der Waals surface area contributed by atoms with Crippen molar-refractivity contribution >= 4 is 0 Å². The molecule has 0 saturated heterocycles. The number of hydrogen-bond donors (Lipinski definition) is 2. The Morgan fingerprint density at radius 1 is 0.536 bits per heavy atom. The summed E-state index contributed by atoms with van der Waals surface area (Å²) in [5.74, 6) is 1.26. The van der Waals surface area contributed by atoms with Gasteiger partial charge in [0.25, 0.3) is 0 Å². The summed E-state index contributed by atoms with van der Waals surface area (Å²) in [7, 11) is 0. The van der Waals surface area contributed by atoms with Crippen LogP contribution in [0.2, 0.25) is 0 Å². The Balaban J connectivity index is 0.00000140. The molecule has 3 aromatic carbocycles. The topological polar surface area (TPSA) is 79.1 Å². The Hall–Kier alpha value is -1.52. The van der Waals surface area contributed by atoms with Crippen LogP contribution < -0.4 is 0 Å². The summed E-state index contributed by atoms with van der Waals surface area (Å²) in [6.45, 7) is 0. The fourth-order valence-corrected chi connectivity index (χ4v) is 2.64. The summed E-state index contributed by atoms with van der Waals surface area (Å²) in [6.07, 6.45) is 0. The molecule has 0 saturated carbocycles. The van der Waals surface area contributed by atoms with Gasteiger partial charge in [0.05, 0.1) is 5.56 Å². The maximum absolute atomic E-state index is 10.2. The zero-order valence-corrected chi connectivity index (χ0v) is 20.6. The van der Waals surface area contributed by atoms with Gasteiger partial charge in [-0.25, -0.2) is 15.0 Å². The molecule has 2 radical (unpaired) electrons. The molecular weight excluding hydrogens is 504 g/mol. The first kappa shape index (κ1) is 22.8. The number of hydrogen-bond acceptors (Lipinski definition) is 5. The van der Waals surface area contributed by atoms with Gasteiger partial charge in [0.1, 0.15) is 11.5 Å². The zero-order chi connectivity index (χ0) is 17.9. The zero-order valence-electron chi connectivity index (χ0n) is 14.9. The molecular formula is C21H15N3O2Y2. The Bertz CT molecular complexity index is 1000. The van der Waals surface area contributed by atoms with Gasteiger partial charge >= 0.3 is 0 Å². The van der Waals surface area contributed by atoms with Crippen LogP contribution in [0, 0.1) is 0 Å². The van der Waals surface area contributed by atoms with Gasteiger partial charge in [0, 0.05) is 82.6 Å². The van der Waals surface area contributed by atoms with Crippen LogP contribution in [0.4, 0.5) is 0 Å². The second kappa shape index (κ2) is 10.3. The molecule has 0 aliphatic heterocycles. The SMILES string of the molecule is Oc1ccc(-c2nc(-c3ccccc3)nc(-c3ccccc3)n2)c(O)c1.[Y].[Y]. The standard InChI is InChI=1S/C21H15N3O2.2Y/c25-16-11-12-17(18(26)13-16)21-23-19(14-7-3-1-4-8-14)22-20(24-21)15-9-5-2-6-10-15;;/h1-13,25-26H;;. The monoisotopic (exact) mass is 519 g/mol. The number of rotatable bonds is 3. The van der Waals surface area contributed by atoms with E-state index in [-0.39, 0.29) is 76.9 Å². The van der Waals surface area contributed by atoms with Crippen molar-refractivity contribution in [2.24, 2.45) is 0 Å². The molecule has 0 aliphatic rings. The van der Waals surface area contributed by atoms with Gasteiger partial charge in [-0.15, -0.1) is 0 Å². The molecule has 0 unspecified atom stereocenters. The molecule has 1 aromatic heterocycles. The number of nitrogens with zero attached hydrogens (tertiary/aromatic N) is 3. The first-order valence-corrected chi connectivity index (χ1v) is 8.10. The molecule has 5 nitrogen and oxygen atoms in total. The Labute approximate surface area is 213 Å². The van der Waals surface area contributed by atoms with Crippen LogP contribution >= 0.6 is 0 Å². The van der Waals surface area contributed by atoms with E-state index in [1.165, 1.54) is 12.1 Å². The third-order valence-electron chi connectivity index (χ3n) is 3.92. The Morgan fingerprint density at radius 3 is 1.46 bits per heavy atom. The molecule has 7 heteroatoms. The quantitative estimate of drug-likeness (QED) is 0.423. The van der Waals surface area contributed by atoms with E-state index in [1.54, 1.807) is 6.07 Å². The molecule has 132 valence electrons. The average molecular weight is 519 g/mol. The van der Waals surface area contributed by atoms with E-state index in [4.69, 9.17) is 0 Å². The maximum Gasteiger partial charge on any atom is 0.167 e. The van der Waals surface area contributed by atoms with E-state index in [0.717, 1.165) is 11.1 Å². The third-order valence-corrected chi connectivity index (χ3v) is 3.92. The normalized spacial score (nSPS) is 9.86. The van der Waals surface area contributed by atoms with Gasteiger partial charge < -0.3 is 10.2 Å². The fraction of sp³-hybridized carbons (Fsp3) is 0. The van der Waals surface area contributed by atoms with Gasteiger partial charge in [0.2, 0.25) is 0 Å². The second-order valence-corrected chi connectivity index (χ2v) is 5.74. The first-order chi connectivity index (χ1) is 12.7. The van der Waals surface area contributed by atoms with Crippen molar-refractivity contribution in [2.75, 3.05) is 0 Å². The van der Waals surface area contributed by atoms with Crippen LogP contribution in [0.3, 0.4) is 0 Å². The van der Waals surface area contributed by atoms with E-state index >= 15 is 0 Å². The Morgan fingerprint density at radius 2 is 1.00 bits per heavy atom. The molecule has 0 atom stereocenters. The van der Waals surface area contributed by atoms with Crippen molar-refractivity contribution in [1.29, 1.82) is 0 Å². The van der Waals surface area contributed by atoms with Crippen LogP contribution in [0.15, 0.2) is 78.9 Å². The van der Waals surface area contributed by atoms with Crippen LogP contribution in [-0.2, 0) is 65.4 Å². The fourth-order valence-electron chi connectivity index (χ4n) is 2.64. The summed E-state index contributed by atoms with van der Waals surface area (Å²) in [5, 5.41) is 19.7. The van der Waals surface area contributed by atoms with Crippen LogP contribution in [0.5, 0.6) is 11.5 Å². The summed E-state index contributed by atoms with van der Waals surface area (Å²) in [6, 6.07) is 23.5. The summed E-state index contributed by atoms with van der Waals surface area (Å²) in [4.78, 5) is 13.6.